The summed E-state index contributed by atoms with van der Waals surface area (Å²) in [6, 6.07) is 25.9. The van der Waals surface area contributed by atoms with Gasteiger partial charge < -0.3 is 23.7 Å². The van der Waals surface area contributed by atoms with Crippen molar-refractivity contribution < 1.29 is 47.7 Å². The lowest BCUT2D eigenvalue weighted by molar-refractivity contribution is -0.145. The Hall–Kier alpha value is -6.47. The minimum absolute atomic E-state index is 0.0779. The average molecular weight is 885 g/mol. The van der Waals surface area contributed by atoms with Gasteiger partial charge in [-0.3, -0.25) is 9.59 Å². The predicted octanol–water partition coefficient (Wildman–Crippen LogP) is 9.32. The molecule has 1 aliphatic rings. The molecule has 63 heavy (non-hydrogen) atoms. The monoisotopic (exact) mass is 884 g/mol. The summed E-state index contributed by atoms with van der Waals surface area (Å²) in [6.07, 6.45) is 5.53. The highest BCUT2D eigenvalue weighted by Crippen LogP contribution is 2.33. The SMILES string of the molecule is C=CC(=O)OCCCSc1ccc(C#Cc2ccc(OC(=O)C3CCC(C(=O)Oc4ccc(C#Cc5ccc(SCCCOC(=O)C=C)cc5)cc4C(=O)OC)CC3)c(C)c2)cc1. The van der Waals surface area contributed by atoms with E-state index in [1.54, 1.807) is 35.7 Å². The minimum Gasteiger partial charge on any atom is -0.465 e. The number of benzene rings is 4. The highest BCUT2D eigenvalue weighted by molar-refractivity contribution is 7.99. The Morgan fingerprint density at radius 2 is 1.02 bits per heavy atom. The second kappa shape index (κ2) is 24.8. The Labute approximate surface area is 377 Å². The lowest BCUT2D eigenvalue weighted by atomic mass is 9.82. The summed E-state index contributed by atoms with van der Waals surface area (Å²) in [5.41, 5.74) is 3.82. The van der Waals surface area contributed by atoms with Crippen LogP contribution >= 0.6 is 23.5 Å². The Balaban J connectivity index is 1.08. The van der Waals surface area contributed by atoms with Gasteiger partial charge in [-0.2, -0.15) is 0 Å². The summed E-state index contributed by atoms with van der Waals surface area (Å²) < 4.78 is 26.5. The number of hydrogen-bond donors (Lipinski definition) is 0. The lowest BCUT2D eigenvalue weighted by Crippen LogP contribution is -2.30. The number of esters is 5. The smallest absolute Gasteiger partial charge is 0.341 e. The number of carbonyl (C=O) groups is 5. The Morgan fingerprint density at radius 3 is 1.46 bits per heavy atom. The molecule has 1 fully saturated rings. The van der Waals surface area contributed by atoms with Gasteiger partial charge in [0.05, 0.1) is 32.2 Å². The molecule has 10 nitrogen and oxygen atoms in total. The standard InChI is InChI=1S/C51H48O10S2/c1-5-47(52)58-29-7-31-62-42-23-13-36(14-24-42)9-11-38-17-27-45(35(3)33-38)60-49(54)40-19-21-41(22-20-40)50(55)61-46-28-18-39(34-44(46)51(56)57-4)12-10-37-15-25-43(26-16-37)63-32-8-30-59-48(53)6-2/h5-6,13-18,23-28,33-34,40-41H,1-2,7-8,19-22,29-32H2,3-4H3. The van der Waals surface area contributed by atoms with E-state index in [9.17, 15) is 24.0 Å². The lowest BCUT2D eigenvalue weighted by Gasteiger charge is -2.26. The van der Waals surface area contributed by atoms with Crippen LogP contribution < -0.4 is 9.47 Å². The Morgan fingerprint density at radius 1 is 0.603 bits per heavy atom. The first kappa shape index (κ1) is 47.6. The van der Waals surface area contributed by atoms with E-state index >= 15 is 0 Å². The van der Waals surface area contributed by atoms with Crippen molar-refractivity contribution in [3.05, 3.63) is 144 Å². The molecular formula is C51H48O10S2. The van der Waals surface area contributed by atoms with Gasteiger partial charge in [0.2, 0.25) is 0 Å². The molecule has 1 aliphatic carbocycles. The van der Waals surface area contributed by atoms with Crippen molar-refractivity contribution in [1.82, 2.24) is 0 Å². The van der Waals surface area contributed by atoms with Gasteiger partial charge in [-0.15, -0.1) is 23.5 Å². The number of methoxy groups -OCH3 is 1. The fourth-order valence-corrected chi connectivity index (χ4v) is 7.93. The first-order valence-electron chi connectivity index (χ1n) is 20.4. The zero-order valence-electron chi connectivity index (χ0n) is 35.3. The number of thioether (sulfide) groups is 2. The summed E-state index contributed by atoms with van der Waals surface area (Å²) in [6.45, 7) is 9.33. The van der Waals surface area contributed by atoms with Gasteiger partial charge in [-0.05, 0) is 136 Å². The fraction of sp³-hybridized carbons (Fsp3) is 0.275. The Kier molecular flexibility index (Phi) is 18.8. The van der Waals surface area contributed by atoms with Crippen LogP contribution in [0.1, 0.15) is 76.7 Å². The molecule has 12 heteroatoms. The summed E-state index contributed by atoms with van der Waals surface area (Å²) in [5.74, 6) is 11.5. The highest BCUT2D eigenvalue weighted by Gasteiger charge is 2.33. The van der Waals surface area contributed by atoms with E-state index in [0.29, 0.717) is 56.6 Å². The first-order valence-corrected chi connectivity index (χ1v) is 22.4. The van der Waals surface area contributed by atoms with Crippen LogP contribution in [0.15, 0.2) is 120 Å². The van der Waals surface area contributed by atoms with Crippen LogP contribution in [0.5, 0.6) is 11.5 Å². The average Bonchev–Trinajstić information content (AvgIpc) is 3.31. The van der Waals surface area contributed by atoms with Crippen LogP contribution in [0, 0.1) is 42.4 Å². The zero-order valence-corrected chi connectivity index (χ0v) is 36.9. The van der Waals surface area contributed by atoms with E-state index in [-0.39, 0.29) is 23.2 Å². The third-order valence-corrected chi connectivity index (χ3v) is 11.9. The van der Waals surface area contributed by atoms with E-state index in [1.165, 1.54) is 19.2 Å². The van der Waals surface area contributed by atoms with Crippen LogP contribution in [0.4, 0.5) is 0 Å². The maximum Gasteiger partial charge on any atom is 0.341 e. The normalized spacial score (nSPS) is 14.0. The minimum atomic E-state index is -0.663. The zero-order chi connectivity index (χ0) is 45.0. The molecule has 4 aromatic rings. The quantitative estimate of drug-likeness (QED) is 0.0191. The van der Waals surface area contributed by atoms with Crippen molar-refractivity contribution in [2.75, 3.05) is 31.8 Å². The van der Waals surface area contributed by atoms with Crippen LogP contribution in [-0.2, 0) is 33.4 Å². The predicted molar refractivity (Wildman–Crippen MR) is 244 cm³/mol. The summed E-state index contributed by atoms with van der Waals surface area (Å²) in [4.78, 5) is 63.7. The summed E-state index contributed by atoms with van der Waals surface area (Å²) in [5, 5.41) is 0. The molecule has 0 bridgehead atoms. The largest absolute Gasteiger partial charge is 0.465 e. The van der Waals surface area contributed by atoms with Gasteiger partial charge in [0.1, 0.15) is 17.1 Å². The van der Waals surface area contributed by atoms with E-state index in [2.05, 4.69) is 36.8 Å². The molecule has 0 saturated heterocycles. The molecule has 0 aromatic heterocycles. The molecule has 0 unspecified atom stereocenters. The number of aryl methyl sites for hydroxylation is 1. The van der Waals surface area contributed by atoms with Crippen molar-refractivity contribution in [3.63, 3.8) is 0 Å². The van der Waals surface area contributed by atoms with Crippen molar-refractivity contribution in [1.29, 1.82) is 0 Å². The van der Waals surface area contributed by atoms with Crippen LogP contribution in [0.3, 0.4) is 0 Å². The van der Waals surface area contributed by atoms with Gasteiger partial charge in [0.25, 0.3) is 0 Å². The van der Waals surface area contributed by atoms with Crippen LogP contribution in [0.25, 0.3) is 0 Å². The van der Waals surface area contributed by atoms with E-state index in [4.69, 9.17) is 23.7 Å². The Bertz CT molecular complexity index is 2410. The maximum atomic E-state index is 13.3. The third kappa shape index (κ3) is 15.4. The number of hydrogen-bond acceptors (Lipinski definition) is 12. The van der Waals surface area contributed by atoms with Gasteiger partial charge in [0, 0.05) is 55.7 Å². The number of ether oxygens (including phenoxy) is 5. The van der Waals surface area contributed by atoms with Gasteiger partial charge in [-0.1, -0.05) is 36.8 Å². The van der Waals surface area contributed by atoms with Gasteiger partial charge >= 0.3 is 29.8 Å². The molecule has 0 N–H and O–H groups in total. The van der Waals surface area contributed by atoms with E-state index in [1.807, 2.05) is 67.6 Å². The number of rotatable bonds is 17. The van der Waals surface area contributed by atoms with Crippen molar-refractivity contribution in [2.45, 2.75) is 55.2 Å². The van der Waals surface area contributed by atoms with Crippen molar-refractivity contribution >= 4 is 53.4 Å². The maximum absolute atomic E-state index is 13.3. The van der Waals surface area contributed by atoms with Crippen LogP contribution in [0.2, 0.25) is 0 Å². The van der Waals surface area contributed by atoms with E-state index < -0.39 is 29.8 Å². The summed E-state index contributed by atoms with van der Waals surface area (Å²) >= 11 is 3.32. The second-order valence-corrected chi connectivity index (χ2v) is 16.6. The summed E-state index contributed by atoms with van der Waals surface area (Å²) in [7, 11) is 1.25. The van der Waals surface area contributed by atoms with Gasteiger partial charge in [0.15, 0.2) is 0 Å². The first-order chi connectivity index (χ1) is 30.5. The topological polar surface area (TPSA) is 132 Å². The molecule has 324 valence electrons. The van der Waals surface area contributed by atoms with Crippen molar-refractivity contribution in [3.8, 4) is 35.2 Å². The van der Waals surface area contributed by atoms with Crippen LogP contribution in [-0.4, -0.2) is 61.7 Å². The molecule has 5 rings (SSSR count). The van der Waals surface area contributed by atoms with Crippen molar-refractivity contribution in [2.24, 2.45) is 11.8 Å². The molecule has 0 atom stereocenters. The highest BCUT2D eigenvalue weighted by atomic mass is 32.2. The molecular weight excluding hydrogens is 837 g/mol. The molecule has 1 saturated carbocycles. The fourth-order valence-electron chi connectivity index (χ4n) is 6.28. The molecule has 0 radical (unpaired) electrons. The van der Waals surface area contributed by atoms with E-state index in [0.717, 1.165) is 62.1 Å². The third-order valence-electron chi connectivity index (χ3n) is 9.72. The molecule has 4 aromatic carbocycles. The number of carbonyl (C=O) groups excluding carboxylic acids is 5. The second-order valence-electron chi connectivity index (χ2n) is 14.3. The van der Waals surface area contributed by atoms with Gasteiger partial charge in [-0.25, -0.2) is 14.4 Å². The molecule has 0 aliphatic heterocycles. The molecule has 0 amide bonds. The molecule has 0 spiro atoms. The molecule has 0 heterocycles.